The van der Waals surface area contributed by atoms with E-state index in [2.05, 4.69) is 10.1 Å². The molecule has 0 atom stereocenters. The van der Waals surface area contributed by atoms with Gasteiger partial charge in [0, 0.05) is 15.5 Å². The molecule has 0 amide bonds. The van der Waals surface area contributed by atoms with Crippen LogP contribution >= 0.6 is 23.4 Å². The molecule has 2 heterocycles. The summed E-state index contributed by atoms with van der Waals surface area (Å²) in [5.41, 5.74) is 0.835. The van der Waals surface area contributed by atoms with E-state index in [0.29, 0.717) is 35.7 Å². The van der Waals surface area contributed by atoms with Crippen LogP contribution in [-0.2, 0) is 5.75 Å². The van der Waals surface area contributed by atoms with Gasteiger partial charge in [-0.2, -0.15) is 4.98 Å². The smallest absolute Gasteiger partial charge is 0.237 e. The van der Waals surface area contributed by atoms with Gasteiger partial charge < -0.3 is 14.0 Å². The third kappa shape index (κ3) is 3.34. The topological polar surface area (TPSA) is 57.4 Å². The van der Waals surface area contributed by atoms with Crippen LogP contribution in [0.2, 0.25) is 5.02 Å². The van der Waals surface area contributed by atoms with Crippen LogP contribution in [0.4, 0.5) is 0 Å². The Labute approximate surface area is 147 Å². The second kappa shape index (κ2) is 6.75. The van der Waals surface area contributed by atoms with Crippen molar-refractivity contribution >= 4 is 23.4 Å². The summed E-state index contributed by atoms with van der Waals surface area (Å²) in [5, 5.41) is 4.65. The predicted octanol–water partition coefficient (Wildman–Crippen LogP) is 4.45. The normalized spacial score (nSPS) is 13.0. The van der Waals surface area contributed by atoms with E-state index in [1.54, 1.807) is 11.8 Å². The first-order valence-corrected chi connectivity index (χ1v) is 8.75. The molecule has 0 spiro atoms. The lowest BCUT2D eigenvalue weighted by molar-refractivity contribution is 0.171. The van der Waals surface area contributed by atoms with Crippen molar-refractivity contribution in [1.82, 2.24) is 10.1 Å². The lowest BCUT2D eigenvalue weighted by Gasteiger charge is -2.18. The van der Waals surface area contributed by atoms with Gasteiger partial charge in [0.15, 0.2) is 11.5 Å². The summed E-state index contributed by atoms with van der Waals surface area (Å²) in [5.74, 6) is 3.23. The number of ether oxygens (including phenoxy) is 2. The van der Waals surface area contributed by atoms with Crippen molar-refractivity contribution in [3.8, 4) is 22.9 Å². The van der Waals surface area contributed by atoms with Gasteiger partial charge in [-0.1, -0.05) is 28.9 Å². The molecule has 3 aromatic rings. The Bertz CT molecular complexity index is 869. The van der Waals surface area contributed by atoms with E-state index in [1.165, 1.54) is 0 Å². The van der Waals surface area contributed by atoms with Gasteiger partial charge in [0.25, 0.3) is 0 Å². The Balaban J connectivity index is 1.45. The molecule has 5 nitrogen and oxygen atoms in total. The van der Waals surface area contributed by atoms with Crippen LogP contribution in [0.1, 0.15) is 5.89 Å². The Morgan fingerprint density at radius 3 is 2.79 bits per heavy atom. The van der Waals surface area contributed by atoms with E-state index < -0.39 is 0 Å². The van der Waals surface area contributed by atoms with E-state index >= 15 is 0 Å². The average molecular weight is 361 g/mol. The molecule has 24 heavy (non-hydrogen) atoms. The molecule has 0 saturated carbocycles. The van der Waals surface area contributed by atoms with Crippen LogP contribution in [0.25, 0.3) is 11.4 Å². The number of hydrogen-bond acceptors (Lipinski definition) is 6. The fourth-order valence-electron chi connectivity index (χ4n) is 2.32. The third-order valence-corrected chi connectivity index (χ3v) is 4.64. The van der Waals surface area contributed by atoms with Crippen molar-refractivity contribution in [2.45, 2.75) is 10.6 Å². The molecule has 1 aliphatic rings. The highest BCUT2D eigenvalue weighted by atomic mass is 35.5. The molecule has 1 aliphatic heterocycles. The molecule has 0 aliphatic carbocycles. The first-order valence-electron chi connectivity index (χ1n) is 7.39. The molecule has 0 bridgehead atoms. The predicted molar refractivity (Wildman–Crippen MR) is 91.7 cm³/mol. The first-order chi connectivity index (χ1) is 11.8. The summed E-state index contributed by atoms with van der Waals surface area (Å²) < 4.78 is 16.4. The maximum absolute atomic E-state index is 5.99. The molecule has 1 aromatic heterocycles. The molecular formula is C17H13ClN2O3S. The molecule has 7 heteroatoms. The molecule has 4 rings (SSSR count). The third-order valence-electron chi connectivity index (χ3n) is 3.43. The van der Waals surface area contributed by atoms with E-state index in [1.807, 2.05) is 42.5 Å². The van der Waals surface area contributed by atoms with Gasteiger partial charge in [-0.25, -0.2) is 0 Å². The minimum absolute atomic E-state index is 0.537. The highest BCUT2D eigenvalue weighted by Gasteiger charge is 2.13. The van der Waals surface area contributed by atoms with Gasteiger partial charge in [0.2, 0.25) is 11.7 Å². The van der Waals surface area contributed by atoms with Crippen LogP contribution in [0.3, 0.4) is 0 Å². The van der Waals surface area contributed by atoms with Crippen LogP contribution in [0, 0.1) is 0 Å². The standard InChI is InChI=1S/C17H13ClN2O3S/c18-12-3-1-2-11(8-12)17-19-16(23-20-17)10-24-13-4-5-14-15(9-13)22-7-6-21-14/h1-5,8-9H,6-7,10H2. The van der Waals surface area contributed by atoms with E-state index in [4.69, 9.17) is 25.6 Å². The minimum atomic E-state index is 0.537. The minimum Gasteiger partial charge on any atom is -0.486 e. The van der Waals surface area contributed by atoms with Crippen molar-refractivity contribution in [3.63, 3.8) is 0 Å². The van der Waals surface area contributed by atoms with Gasteiger partial charge in [-0.05, 0) is 30.3 Å². The highest BCUT2D eigenvalue weighted by Crippen LogP contribution is 2.35. The zero-order chi connectivity index (χ0) is 16.4. The summed E-state index contributed by atoms with van der Waals surface area (Å²) in [6.45, 7) is 1.17. The molecule has 122 valence electrons. The number of halogens is 1. The van der Waals surface area contributed by atoms with Gasteiger partial charge >= 0.3 is 0 Å². The maximum atomic E-state index is 5.99. The number of nitrogens with zero attached hydrogens (tertiary/aromatic N) is 2. The number of thioether (sulfide) groups is 1. The molecule has 0 unspecified atom stereocenters. The molecule has 0 fully saturated rings. The quantitative estimate of drug-likeness (QED) is 0.640. The van der Waals surface area contributed by atoms with Gasteiger partial charge in [-0.3, -0.25) is 0 Å². The van der Waals surface area contributed by atoms with Crippen molar-refractivity contribution in [1.29, 1.82) is 0 Å². The van der Waals surface area contributed by atoms with Crippen LogP contribution in [-0.4, -0.2) is 23.4 Å². The average Bonchev–Trinajstić information content (AvgIpc) is 3.09. The summed E-state index contributed by atoms with van der Waals surface area (Å²) in [6.07, 6.45) is 0. The van der Waals surface area contributed by atoms with Gasteiger partial charge in [0.1, 0.15) is 13.2 Å². The van der Waals surface area contributed by atoms with E-state index in [9.17, 15) is 0 Å². The SMILES string of the molecule is Clc1cccc(-c2noc(CSc3ccc4c(c3)OCCO4)n2)c1. The monoisotopic (exact) mass is 360 g/mol. The molecule has 0 N–H and O–H groups in total. The number of hydrogen-bond donors (Lipinski definition) is 0. The second-order valence-corrected chi connectivity index (χ2v) is 6.60. The molecule has 0 radical (unpaired) electrons. The van der Waals surface area contributed by atoms with E-state index in [0.717, 1.165) is 22.0 Å². The summed E-state index contributed by atoms with van der Waals surface area (Å²) in [6, 6.07) is 13.3. The van der Waals surface area contributed by atoms with Gasteiger partial charge in [0.05, 0.1) is 5.75 Å². The zero-order valence-electron chi connectivity index (χ0n) is 12.6. The Hall–Kier alpha value is -2.18. The summed E-state index contributed by atoms with van der Waals surface area (Å²) in [4.78, 5) is 5.47. The number of aromatic nitrogens is 2. The molecular weight excluding hydrogens is 348 g/mol. The Morgan fingerprint density at radius 2 is 1.92 bits per heavy atom. The van der Waals surface area contributed by atoms with Crippen molar-refractivity contribution in [3.05, 3.63) is 53.4 Å². The molecule has 2 aromatic carbocycles. The fraction of sp³-hybridized carbons (Fsp3) is 0.176. The zero-order valence-corrected chi connectivity index (χ0v) is 14.1. The first kappa shape index (κ1) is 15.4. The van der Waals surface area contributed by atoms with Crippen LogP contribution < -0.4 is 9.47 Å². The van der Waals surface area contributed by atoms with Crippen molar-refractivity contribution in [2.75, 3.05) is 13.2 Å². The number of rotatable bonds is 4. The fourth-order valence-corrected chi connectivity index (χ4v) is 3.27. The Kier molecular flexibility index (Phi) is 4.32. The van der Waals surface area contributed by atoms with Crippen molar-refractivity contribution in [2.24, 2.45) is 0 Å². The maximum Gasteiger partial charge on any atom is 0.237 e. The number of fused-ring (bicyclic) bond motifs is 1. The lowest BCUT2D eigenvalue weighted by atomic mass is 10.2. The largest absolute Gasteiger partial charge is 0.486 e. The number of benzene rings is 2. The highest BCUT2D eigenvalue weighted by molar-refractivity contribution is 7.98. The van der Waals surface area contributed by atoms with E-state index in [-0.39, 0.29) is 0 Å². The molecule has 0 saturated heterocycles. The van der Waals surface area contributed by atoms with Gasteiger partial charge in [-0.15, -0.1) is 11.8 Å². The summed E-state index contributed by atoms with van der Waals surface area (Å²) >= 11 is 7.59. The van der Waals surface area contributed by atoms with Crippen molar-refractivity contribution < 1.29 is 14.0 Å². The van der Waals surface area contributed by atoms with Crippen LogP contribution in [0.15, 0.2) is 51.9 Å². The second-order valence-electron chi connectivity index (χ2n) is 5.12. The van der Waals surface area contributed by atoms with Crippen LogP contribution in [0.5, 0.6) is 11.5 Å². The lowest BCUT2D eigenvalue weighted by Crippen LogP contribution is -2.15. The Morgan fingerprint density at radius 1 is 1.04 bits per heavy atom. The summed E-state index contributed by atoms with van der Waals surface area (Å²) in [7, 11) is 0.